The van der Waals surface area contributed by atoms with Crippen molar-refractivity contribution in [3.63, 3.8) is 0 Å². The minimum absolute atomic E-state index is 1.20. The van der Waals surface area contributed by atoms with Gasteiger partial charge >= 0.3 is 0 Å². The van der Waals surface area contributed by atoms with Gasteiger partial charge in [-0.1, -0.05) is 72.8 Å². The average Bonchev–Trinajstić information content (AvgIpc) is 3.39. The molecule has 0 amide bonds. The zero-order valence-corrected chi connectivity index (χ0v) is 20.0. The summed E-state index contributed by atoms with van der Waals surface area (Å²) >= 11 is 1.88. The Labute approximate surface area is 202 Å². The number of nitrogens with zero attached hydrogens (tertiary/aromatic N) is 1. The molecule has 34 heavy (non-hydrogen) atoms. The first-order valence-electron chi connectivity index (χ1n) is 11.7. The molecule has 162 valence electrons. The third kappa shape index (κ3) is 2.72. The van der Waals surface area contributed by atoms with Crippen molar-refractivity contribution in [3.05, 3.63) is 114 Å². The maximum absolute atomic E-state index is 2.46. The zero-order valence-electron chi connectivity index (χ0n) is 19.2. The molecule has 0 radical (unpaired) electrons. The summed E-state index contributed by atoms with van der Waals surface area (Å²) in [7, 11) is 0. The summed E-state index contributed by atoms with van der Waals surface area (Å²) in [5.41, 5.74) is 9.00. The van der Waals surface area contributed by atoms with E-state index < -0.39 is 0 Å². The molecule has 1 nitrogen and oxygen atoms in total. The Morgan fingerprint density at radius 1 is 0.559 bits per heavy atom. The van der Waals surface area contributed by atoms with Gasteiger partial charge in [0, 0.05) is 36.6 Å². The minimum atomic E-state index is 1.20. The van der Waals surface area contributed by atoms with Crippen LogP contribution in [0.25, 0.3) is 58.8 Å². The molecule has 0 saturated carbocycles. The third-order valence-electron chi connectivity index (χ3n) is 7.13. The molecule has 2 heterocycles. The fourth-order valence-electron chi connectivity index (χ4n) is 5.50. The molecule has 2 heteroatoms. The lowest BCUT2D eigenvalue weighted by molar-refractivity contribution is 1.17. The second-order valence-corrected chi connectivity index (χ2v) is 10.2. The Hall–Kier alpha value is -3.88. The van der Waals surface area contributed by atoms with Gasteiger partial charge in [-0.3, -0.25) is 0 Å². The summed E-state index contributed by atoms with van der Waals surface area (Å²) in [6.07, 6.45) is 0. The highest BCUT2D eigenvalue weighted by atomic mass is 32.1. The number of benzene rings is 5. The van der Waals surface area contributed by atoms with E-state index in [4.69, 9.17) is 0 Å². The number of para-hydroxylation sites is 1. The van der Waals surface area contributed by atoms with Gasteiger partial charge in [-0.05, 0) is 66.4 Å². The number of rotatable bonds is 2. The molecular weight excluding hydrogens is 430 g/mol. The van der Waals surface area contributed by atoms with Crippen molar-refractivity contribution in [1.82, 2.24) is 4.57 Å². The van der Waals surface area contributed by atoms with Crippen LogP contribution in [0.1, 0.15) is 11.1 Å². The minimum Gasteiger partial charge on any atom is -0.309 e. The largest absolute Gasteiger partial charge is 0.309 e. The SMILES string of the molecule is Cc1ccccc1-c1ccc2c3cc4c(cc3n(-c3ccccc3)c2c1C)sc1ccccc14. The molecule has 0 saturated heterocycles. The van der Waals surface area contributed by atoms with E-state index in [0.29, 0.717) is 0 Å². The van der Waals surface area contributed by atoms with Crippen LogP contribution in [0.15, 0.2) is 103 Å². The van der Waals surface area contributed by atoms with E-state index >= 15 is 0 Å². The van der Waals surface area contributed by atoms with Crippen LogP contribution in [-0.2, 0) is 0 Å². The van der Waals surface area contributed by atoms with Crippen molar-refractivity contribution in [2.24, 2.45) is 0 Å². The van der Waals surface area contributed by atoms with Gasteiger partial charge in [0.2, 0.25) is 0 Å². The van der Waals surface area contributed by atoms with Crippen LogP contribution in [-0.4, -0.2) is 4.57 Å². The fourth-order valence-corrected chi connectivity index (χ4v) is 6.62. The van der Waals surface area contributed by atoms with Crippen molar-refractivity contribution in [3.8, 4) is 16.8 Å². The van der Waals surface area contributed by atoms with Gasteiger partial charge in [-0.2, -0.15) is 0 Å². The Morgan fingerprint density at radius 2 is 1.32 bits per heavy atom. The highest BCUT2D eigenvalue weighted by molar-refractivity contribution is 7.25. The summed E-state index contributed by atoms with van der Waals surface area (Å²) in [6.45, 7) is 4.48. The number of aryl methyl sites for hydroxylation is 2. The molecule has 0 aliphatic carbocycles. The zero-order chi connectivity index (χ0) is 22.8. The topological polar surface area (TPSA) is 4.93 Å². The van der Waals surface area contributed by atoms with Crippen LogP contribution in [0, 0.1) is 13.8 Å². The number of hydrogen-bond acceptors (Lipinski definition) is 1. The summed E-state index contributed by atoms with van der Waals surface area (Å²) in [4.78, 5) is 0. The van der Waals surface area contributed by atoms with Gasteiger partial charge in [-0.15, -0.1) is 11.3 Å². The van der Waals surface area contributed by atoms with Crippen molar-refractivity contribution in [2.75, 3.05) is 0 Å². The fraction of sp³-hybridized carbons (Fsp3) is 0.0625. The number of aromatic nitrogens is 1. The molecule has 0 N–H and O–H groups in total. The van der Waals surface area contributed by atoms with E-state index in [9.17, 15) is 0 Å². The molecule has 5 aromatic carbocycles. The molecule has 7 aromatic rings. The van der Waals surface area contributed by atoms with Crippen LogP contribution >= 0.6 is 11.3 Å². The summed E-state index contributed by atoms with van der Waals surface area (Å²) in [5.74, 6) is 0. The second kappa shape index (κ2) is 7.31. The number of fused-ring (bicyclic) bond motifs is 6. The summed E-state index contributed by atoms with van der Waals surface area (Å²) in [6, 6.07) is 37.7. The Balaban J connectivity index is 1.66. The molecule has 0 bridgehead atoms. The quantitative estimate of drug-likeness (QED) is 0.246. The normalized spacial score (nSPS) is 11.8. The predicted molar refractivity (Wildman–Crippen MR) is 149 cm³/mol. The summed E-state index contributed by atoms with van der Waals surface area (Å²) in [5, 5.41) is 5.32. The first-order valence-corrected chi connectivity index (χ1v) is 12.5. The maximum atomic E-state index is 2.46. The molecular formula is C32H23NS. The molecule has 0 aliphatic heterocycles. The van der Waals surface area contributed by atoms with Crippen molar-refractivity contribution >= 4 is 53.3 Å². The van der Waals surface area contributed by atoms with Crippen LogP contribution in [0.3, 0.4) is 0 Å². The molecule has 0 atom stereocenters. The van der Waals surface area contributed by atoms with E-state index in [0.717, 1.165) is 0 Å². The van der Waals surface area contributed by atoms with E-state index in [2.05, 4.69) is 122 Å². The first kappa shape index (κ1) is 19.6. The number of hydrogen-bond donors (Lipinski definition) is 0. The molecule has 0 fully saturated rings. The van der Waals surface area contributed by atoms with Gasteiger partial charge < -0.3 is 4.57 Å². The van der Waals surface area contributed by atoms with E-state index in [1.807, 2.05) is 11.3 Å². The standard InChI is InChI=1S/C32H23NS/c1-20-10-6-7-13-23(20)24-16-17-26-27-18-28-25-14-8-9-15-30(25)34-31(28)19-29(27)33(32(26)21(24)2)22-11-4-3-5-12-22/h3-19H,1-2H3. The van der Waals surface area contributed by atoms with Gasteiger partial charge in [-0.25, -0.2) is 0 Å². The lowest BCUT2D eigenvalue weighted by Crippen LogP contribution is -1.96. The van der Waals surface area contributed by atoms with E-state index in [-0.39, 0.29) is 0 Å². The third-order valence-corrected chi connectivity index (χ3v) is 8.26. The lowest BCUT2D eigenvalue weighted by Gasteiger charge is -2.14. The average molecular weight is 454 g/mol. The maximum Gasteiger partial charge on any atom is 0.0576 e. The highest BCUT2D eigenvalue weighted by Crippen LogP contribution is 2.43. The van der Waals surface area contributed by atoms with Gasteiger partial charge in [0.05, 0.1) is 11.0 Å². The molecule has 0 unspecified atom stereocenters. The molecule has 0 aliphatic rings. The monoisotopic (exact) mass is 453 g/mol. The summed E-state index contributed by atoms with van der Waals surface area (Å²) < 4.78 is 5.15. The van der Waals surface area contributed by atoms with Crippen molar-refractivity contribution in [1.29, 1.82) is 0 Å². The Morgan fingerprint density at radius 3 is 2.18 bits per heavy atom. The Bertz CT molecular complexity index is 1870. The van der Waals surface area contributed by atoms with E-state index in [1.54, 1.807) is 0 Å². The molecule has 0 spiro atoms. The Kier molecular flexibility index (Phi) is 4.21. The van der Waals surface area contributed by atoms with Gasteiger partial charge in [0.15, 0.2) is 0 Å². The molecule has 2 aromatic heterocycles. The van der Waals surface area contributed by atoms with Crippen LogP contribution in [0.2, 0.25) is 0 Å². The van der Waals surface area contributed by atoms with Crippen LogP contribution < -0.4 is 0 Å². The first-order chi connectivity index (χ1) is 16.7. The molecule has 7 rings (SSSR count). The number of thiophene rings is 1. The van der Waals surface area contributed by atoms with E-state index in [1.165, 1.54) is 69.9 Å². The van der Waals surface area contributed by atoms with Crippen molar-refractivity contribution < 1.29 is 0 Å². The predicted octanol–water partition coefficient (Wildman–Crippen LogP) is 9.44. The van der Waals surface area contributed by atoms with Gasteiger partial charge in [0.1, 0.15) is 0 Å². The highest BCUT2D eigenvalue weighted by Gasteiger charge is 2.19. The smallest absolute Gasteiger partial charge is 0.0576 e. The van der Waals surface area contributed by atoms with Crippen LogP contribution in [0.5, 0.6) is 0 Å². The second-order valence-electron chi connectivity index (χ2n) is 9.08. The van der Waals surface area contributed by atoms with Crippen LogP contribution in [0.4, 0.5) is 0 Å². The lowest BCUT2D eigenvalue weighted by atomic mass is 9.94. The van der Waals surface area contributed by atoms with Crippen molar-refractivity contribution in [2.45, 2.75) is 13.8 Å². The van der Waals surface area contributed by atoms with Gasteiger partial charge in [0.25, 0.3) is 0 Å².